The number of fused-ring (bicyclic) bond motifs is 1. The molecule has 288 valence electrons. The highest BCUT2D eigenvalue weighted by Gasteiger charge is 2.59. The standard InChI is InChI=1S/C42H80OSSi7/c1-30-26-31(2)38(32(3)27-30)51(43-36-24-22-23-25-37(36)44-51)39-34(41(47(10,11)12)48(13,14)15)28-33(40(45(4,5)6)46(7,8)9)29-35(39)42(49(16,17)18)50(19,20)21/h26-29,36-37,40-42H,22-25H2,1-21H3. The zero-order valence-corrected chi connectivity index (χ0v) is 45.2. The predicted molar refractivity (Wildman–Crippen MR) is 255 cm³/mol. The summed E-state index contributed by atoms with van der Waals surface area (Å²) in [5.74, 6) is 0. The number of hydrogen-bond donors (Lipinski definition) is 0. The summed E-state index contributed by atoms with van der Waals surface area (Å²) in [6.45, 7) is 55.9. The molecule has 3 unspecified atom stereocenters. The summed E-state index contributed by atoms with van der Waals surface area (Å²) in [6, 6.07) is 10.9. The average molecular weight is 830 g/mol. The normalized spacial score (nSPS) is 22.7. The Kier molecular flexibility index (Phi) is 12.6. The van der Waals surface area contributed by atoms with Crippen molar-refractivity contribution in [1.82, 2.24) is 0 Å². The Balaban J connectivity index is 2.42. The van der Waals surface area contributed by atoms with Crippen LogP contribution in [0.2, 0.25) is 118 Å². The van der Waals surface area contributed by atoms with Crippen molar-refractivity contribution in [3.05, 3.63) is 57.6 Å². The Hall–Kier alpha value is 0.268. The van der Waals surface area contributed by atoms with Crippen molar-refractivity contribution >= 4 is 77.5 Å². The minimum Gasteiger partial charge on any atom is -0.396 e. The van der Waals surface area contributed by atoms with Crippen molar-refractivity contribution in [3.8, 4) is 0 Å². The maximum atomic E-state index is 8.17. The van der Waals surface area contributed by atoms with Crippen molar-refractivity contribution in [1.29, 1.82) is 0 Å². The fourth-order valence-electron chi connectivity index (χ4n) is 12.3. The topological polar surface area (TPSA) is 9.23 Å². The Bertz CT molecular complexity index is 1440. The van der Waals surface area contributed by atoms with Crippen LogP contribution in [-0.2, 0) is 4.43 Å². The van der Waals surface area contributed by atoms with Crippen molar-refractivity contribution < 1.29 is 4.43 Å². The van der Waals surface area contributed by atoms with Gasteiger partial charge in [0.15, 0.2) is 0 Å². The molecule has 0 N–H and O–H groups in total. The van der Waals surface area contributed by atoms with Crippen LogP contribution in [0, 0.1) is 20.8 Å². The first-order valence-corrected chi connectivity index (χ1v) is 45.4. The fourth-order valence-corrected chi connectivity index (χ4v) is 61.1. The van der Waals surface area contributed by atoms with Crippen LogP contribution in [0.3, 0.4) is 0 Å². The van der Waals surface area contributed by atoms with E-state index in [0.717, 1.165) is 5.16 Å². The van der Waals surface area contributed by atoms with E-state index in [2.05, 4.69) is 174 Å². The van der Waals surface area contributed by atoms with E-state index in [4.69, 9.17) is 4.43 Å². The molecule has 0 spiro atoms. The van der Waals surface area contributed by atoms with E-state index < -0.39 is 55.9 Å². The molecule has 0 aromatic heterocycles. The molecule has 4 rings (SSSR count). The van der Waals surface area contributed by atoms with Gasteiger partial charge in [0.1, 0.15) is 0 Å². The molecule has 3 atom stereocenters. The summed E-state index contributed by atoms with van der Waals surface area (Å²) in [5, 5.41) is 6.13. The van der Waals surface area contributed by atoms with Gasteiger partial charge in [0, 0.05) is 53.7 Å². The molecule has 2 aliphatic rings. The van der Waals surface area contributed by atoms with Crippen LogP contribution in [0.4, 0.5) is 0 Å². The highest BCUT2D eigenvalue weighted by Crippen LogP contribution is 2.51. The van der Waals surface area contributed by atoms with Gasteiger partial charge < -0.3 is 4.43 Å². The average Bonchev–Trinajstić information content (AvgIpc) is 3.22. The molecule has 51 heavy (non-hydrogen) atoms. The number of rotatable bonds is 11. The second-order valence-electron chi connectivity index (χ2n) is 23.6. The van der Waals surface area contributed by atoms with Crippen LogP contribution in [-0.4, -0.2) is 67.3 Å². The molecular formula is C42H80OSSi7. The van der Waals surface area contributed by atoms with Gasteiger partial charge in [-0.1, -0.05) is 161 Å². The lowest BCUT2D eigenvalue weighted by Gasteiger charge is -2.48. The van der Waals surface area contributed by atoms with Crippen molar-refractivity contribution in [3.63, 3.8) is 0 Å². The van der Waals surface area contributed by atoms with Gasteiger partial charge in [-0.05, 0) is 87.3 Å². The first-order chi connectivity index (χ1) is 22.8. The third-order valence-corrected chi connectivity index (χ3v) is 47.8. The van der Waals surface area contributed by atoms with Crippen LogP contribution in [0.1, 0.15) is 74.6 Å². The minimum atomic E-state index is -2.78. The Labute approximate surface area is 328 Å². The number of aryl methyl sites for hydroxylation is 3. The van der Waals surface area contributed by atoms with E-state index in [1.54, 1.807) is 27.1 Å². The zero-order chi connectivity index (χ0) is 39.1. The monoisotopic (exact) mass is 828 g/mol. The van der Waals surface area contributed by atoms with Gasteiger partial charge in [-0.3, -0.25) is 0 Å². The van der Waals surface area contributed by atoms with Crippen molar-refractivity contribution in [2.45, 2.75) is 191 Å². The van der Waals surface area contributed by atoms with Crippen molar-refractivity contribution in [2.75, 3.05) is 0 Å². The molecule has 1 aliphatic heterocycles. The molecule has 2 aromatic carbocycles. The minimum absolute atomic E-state index is 0.391. The van der Waals surface area contributed by atoms with Crippen LogP contribution in [0.15, 0.2) is 24.3 Å². The van der Waals surface area contributed by atoms with Gasteiger partial charge in [0.25, 0.3) is 0 Å². The summed E-state index contributed by atoms with van der Waals surface area (Å²) < 4.78 is 8.17. The van der Waals surface area contributed by atoms with E-state index in [-0.39, 0.29) is 0 Å². The highest BCUT2D eigenvalue weighted by atomic mass is 32.4. The third kappa shape index (κ3) is 9.13. The maximum absolute atomic E-state index is 8.17. The SMILES string of the molecule is Cc1cc(C)c([Si]2(c3c(C([Si](C)(C)C)[Si](C)(C)C)cc(C([Si](C)(C)C)[Si](C)(C)C)cc3C([Si](C)(C)C)[Si](C)(C)C)OC3CCCCC3S2)c(C)c1. The molecule has 9 heteroatoms. The summed E-state index contributed by atoms with van der Waals surface area (Å²) >= 11 is 2.41. The Morgan fingerprint density at radius 1 is 0.529 bits per heavy atom. The quantitative estimate of drug-likeness (QED) is 0.209. The first kappa shape index (κ1) is 44.0. The van der Waals surface area contributed by atoms with Gasteiger partial charge in [-0.2, -0.15) is 0 Å². The van der Waals surface area contributed by atoms with Gasteiger partial charge in [0.05, 0.1) is 6.10 Å². The van der Waals surface area contributed by atoms with Gasteiger partial charge in [-0.25, -0.2) is 0 Å². The molecular weight excluding hydrogens is 749 g/mol. The lowest BCUT2D eigenvalue weighted by atomic mass is 9.97. The molecule has 1 saturated carbocycles. The van der Waals surface area contributed by atoms with Gasteiger partial charge >= 0.3 is 7.47 Å². The zero-order valence-electron chi connectivity index (χ0n) is 37.3. The van der Waals surface area contributed by atoms with Crippen LogP contribution in [0.25, 0.3) is 0 Å². The van der Waals surface area contributed by atoms with Crippen molar-refractivity contribution in [2.24, 2.45) is 0 Å². The van der Waals surface area contributed by atoms with Crippen LogP contribution >= 0.6 is 11.2 Å². The van der Waals surface area contributed by atoms with Crippen LogP contribution in [0.5, 0.6) is 0 Å². The summed E-state index contributed by atoms with van der Waals surface area (Å²) in [6.07, 6.45) is 5.63. The third-order valence-electron chi connectivity index (χ3n) is 12.0. The molecule has 0 radical (unpaired) electrons. The molecule has 1 saturated heterocycles. The second-order valence-corrected chi connectivity index (χ2v) is 62.9. The Morgan fingerprint density at radius 2 is 0.902 bits per heavy atom. The first-order valence-electron chi connectivity index (χ1n) is 20.4. The molecule has 1 aliphatic carbocycles. The summed E-state index contributed by atoms with van der Waals surface area (Å²) in [7, 11) is -12.6. The smallest absolute Gasteiger partial charge is 0.321 e. The number of benzene rings is 2. The van der Waals surface area contributed by atoms with Gasteiger partial charge in [-0.15, -0.1) is 11.2 Å². The van der Waals surface area contributed by atoms with E-state index in [0.29, 0.717) is 21.7 Å². The van der Waals surface area contributed by atoms with Gasteiger partial charge in [0.2, 0.25) is 0 Å². The van der Waals surface area contributed by atoms with E-state index in [1.807, 2.05) is 0 Å². The number of hydrogen-bond acceptors (Lipinski definition) is 2. The lowest BCUT2D eigenvalue weighted by Crippen LogP contribution is -2.64. The maximum Gasteiger partial charge on any atom is 0.321 e. The summed E-state index contributed by atoms with van der Waals surface area (Å²) in [4.78, 5) is 0. The molecule has 2 aromatic rings. The molecule has 0 bridgehead atoms. The molecule has 0 amide bonds. The predicted octanol–water partition coefficient (Wildman–Crippen LogP) is 12.8. The summed E-state index contributed by atoms with van der Waals surface area (Å²) in [5.41, 5.74) is 9.73. The largest absolute Gasteiger partial charge is 0.396 e. The highest BCUT2D eigenvalue weighted by molar-refractivity contribution is 8.31. The van der Waals surface area contributed by atoms with Crippen LogP contribution < -0.4 is 10.4 Å². The molecule has 2 fully saturated rings. The Morgan fingerprint density at radius 3 is 1.25 bits per heavy atom. The van der Waals surface area contributed by atoms with E-state index in [9.17, 15) is 0 Å². The lowest BCUT2D eigenvalue weighted by molar-refractivity contribution is 0.175. The van der Waals surface area contributed by atoms with E-state index >= 15 is 0 Å². The molecule has 1 heterocycles. The van der Waals surface area contributed by atoms with E-state index in [1.165, 1.54) is 42.4 Å². The molecule has 1 nitrogen and oxygen atoms in total. The second kappa shape index (κ2) is 14.6. The fraction of sp³-hybridized carbons (Fsp3) is 0.714.